The van der Waals surface area contributed by atoms with Gasteiger partial charge in [0.2, 0.25) is 5.91 Å². The Morgan fingerprint density at radius 1 is 1.43 bits per heavy atom. The SMILES string of the molecule is CNC(C(N)=O)c1c(Cl)cccc1Cl. The van der Waals surface area contributed by atoms with Crippen molar-refractivity contribution < 1.29 is 4.79 Å². The van der Waals surface area contributed by atoms with Gasteiger partial charge in [-0.3, -0.25) is 4.79 Å². The molecule has 0 saturated carbocycles. The number of halogens is 2. The van der Waals surface area contributed by atoms with Gasteiger partial charge in [0.1, 0.15) is 6.04 Å². The molecule has 76 valence electrons. The Kier molecular flexibility index (Phi) is 3.75. The molecule has 0 fully saturated rings. The molecule has 1 atom stereocenters. The van der Waals surface area contributed by atoms with E-state index in [9.17, 15) is 4.79 Å². The molecule has 3 N–H and O–H groups in total. The lowest BCUT2D eigenvalue weighted by Gasteiger charge is -2.15. The van der Waals surface area contributed by atoms with Crippen LogP contribution in [0, 0.1) is 0 Å². The summed E-state index contributed by atoms with van der Waals surface area (Å²) in [5.41, 5.74) is 5.72. The van der Waals surface area contributed by atoms with Gasteiger partial charge < -0.3 is 11.1 Å². The van der Waals surface area contributed by atoms with Crippen LogP contribution in [0.5, 0.6) is 0 Å². The van der Waals surface area contributed by atoms with Gasteiger partial charge in [0.25, 0.3) is 0 Å². The van der Waals surface area contributed by atoms with Crippen LogP contribution in [0.15, 0.2) is 18.2 Å². The summed E-state index contributed by atoms with van der Waals surface area (Å²) in [4.78, 5) is 11.1. The van der Waals surface area contributed by atoms with Crippen LogP contribution in [0.25, 0.3) is 0 Å². The molecular weight excluding hydrogens is 223 g/mol. The van der Waals surface area contributed by atoms with Crippen molar-refractivity contribution >= 4 is 29.1 Å². The van der Waals surface area contributed by atoms with E-state index in [1.165, 1.54) is 0 Å². The average molecular weight is 233 g/mol. The topological polar surface area (TPSA) is 55.1 Å². The van der Waals surface area contributed by atoms with Gasteiger partial charge in [0.05, 0.1) is 0 Å². The number of hydrogen-bond acceptors (Lipinski definition) is 2. The van der Waals surface area contributed by atoms with Crippen molar-refractivity contribution in [1.82, 2.24) is 5.32 Å². The summed E-state index contributed by atoms with van der Waals surface area (Å²) in [7, 11) is 1.62. The normalized spacial score (nSPS) is 12.5. The molecule has 0 spiro atoms. The number of amides is 1. The Hall–Kier alpha value is -0.770. The van der Waals surface area contributed by atoms with Crippen molar-refractivity contribution in [3.8, 4) is 0 Å². The maximum Gasteiger partial charge on any atom is 0.239 e. The van der Waals surface area contributed by atoms with Gasteiger partial charge in [-0.2, -0.15) is 0 Å². The highest BCUT2D eigenvalue weighted by Gasteiger charge is 2.20. The summed E-state index contributed by atoms with van der Waals surface area (Å²) >= 11 is 11.8. The molecule has 14 heavy (non-hydrogen) atoms. The Labute approximate surface area is 92.2 Å². The second-order valence-corrected chi connectivity index (χ2v) is 3.57. The van der Waals surface area contributed by atoms with Crippen LogP contribution in [0.3, 0.4) is 0 Å². The number of nitrogens with two attached hydrogens (primary N) is 1. The van der Waals surface area contributed by atoms with E-state index in [-0.39, 0.29) is 0 Å². The molecule has 1 rings (SSSR count). The van der Waals surface area contributed by atoms with Gasteiger partial charge in [-0.05, 0) is 19.2 Å². The molecule has 0 aliphatic heterocycles. The number of hydrogen-bond donors (Lipinski definition) is 2. The van der Waals surface area contributed by atoms with Crippen molar-refractivity contribution in [1.29, 1.82) is 0 Å². The average Bonchev–Trinajstić information content (AvgIpc) is 2.10. The van der Waals surface area contributed by atoms with Gasteiger partial charge in [-0.1, -0.05) is 29.3 Å². The first-order valence-electron chi connectivity index (χ1n) is 3.98. The second kappa shape index (κ2) is 4.64. The standard InChI is InChI=1S/C9H10Cl2N2O/c1-13-8(9(12)14)7-5(10)3-2-4-6(7)11/h2-4,8,13H,1H3,(H2,12,14). The maximum absolute atomic E-state index is 11.1. The minimum atomic E-state index is -0.656. The molecule has 0 aliphatic rings. The van der Waals surface area contributed by atoms with E-state index in [4.69, 9.17) is 28.9 Å². The molecule has 1 unspecified atom stereocenters. The fourth-order valence-corrected chi connectivity index (χ4v) is 1.83. The largest absolute Gasteiger partial charge is 0.368 e. The highest BCUT2D eigenvalue weighted by atomic mass is 35.5. The van der Waals surface area contributed by atoms with E-state index in [1.807, 2.05) is 0 Å². The third-order valence-electron chi connectivity index (χ3n) is 1.86. The number of nitrogens with one attached hydrogen (secondary N) is 1. The summed E-state index contributed by atoms with van der Waals surface area (Å²) in [6.45, 7) is 0. The smallest absolute Gasteiger partial charge is 0.239 e. The quantitative estimate of drug-likeness (QED) is 0.835. The predicted octanol–water partition coefficient (Wildman–Crippen LogP) is 1.74. The highest BCUT2D eigenvalue weighted by molar-refractivity contribution is 6.36. The Bertz CT molecular complexity index is 334. The van der Waals surface area contributed by atoms with Crippen molar-refractivity contribution in [3.63, 3.8) is 0 Å². The minimum Gasteiger partial charge on any atom is -0.368 e. The molecule has 0 saturated heterocycles. The number of rotatable bonds is 3. The van der Waals surface area contributed by atoms with E-state index in [2.05, 4.69) is 5.32 Å². The van der Waals surface area contributed by atoms with Crippen molar-refractivity contribution in [2.24, 2.45) is 5.73 Å². The second-order valence-electron chi connectivity index (χ2n) is 2.76. The lowest BCUT2D eigenvalue weighted by molar-refractivity contribution is -0.120. The first-order chi connectivity index (χ1) is 6.57. The van der Waals surface area contributed by atoms with Crippen LogP contribution < -0.4 is 11.1 Å². The molecule has 1 aromatic rings. The molecule has 0 aliphatic carbocycles. The minimum absolute atomic E-state index is 0.427. The molecular formula is C9H10Cl2N2O. The molecule has 1 amide bonds. The zero-order chi connectivity index (χ0) is 10.7. The summed E-state index contributed by atoms with van der Waals surface area (Å²) in [6.07, 6.45) is 0. The number of primary amides is 1. The number of carbonyl (C=O) groups excluding carboxylic acids is 1. The molecule has 1 aromatic carbocycles. The van der Waals surface area contributed by atoms with Crippen LogP contribution >= 0.6 is 23.2 Å². The third kappa shape index (κ3) is 2.18. The predicted molar refractivity (Wildman–Crippen MR) is 57.5 cm³/mol. The van der Waals surface area contributed by atoms with Crippen molar-refractivity contribution in [3.05, 3.63) is 33.8 Å². The van der Waals surface area contributed by atoms with Gasteiger partial charge in [0.15, 0.2) is 0 Å². The number of likely N-dealkylation sites (N-methyl/N-ethyl adjacent to an activating group) is 1. The summed E-state index contributed by atoms with van der Waals surface area (Å²) < 4.78 is 0. The van der Waals surface area contributed by atoms with Crippen LogP contribution in [0.4, 0.5) is 0 Å². The molecule has 0 aromatic heterocycles. The Balaban J connectivity index is 3.22. The van der Waals surface area contributed by atoms with Gasteiger partial charge in [-0.25, -0.2) is 0 Å². The van der Waals surface area contributed by atoms with E-state index >= 15 is 0 Å². The Morgan fingerprint density at radius 3 is 2.29 bits per heavy atom. The van der Waals surface area contributed by atoms with Crippen molar-refractivity contribution in [2.75, 3.05) is 7.05 Å². The van der Waals surface area contributed by atoms with Gasteiger partial charge >= 0.3 is 0 Å². The Morgan fingerprint density at radius 2 is 1.93 bits per heavy atom. The van der Waals surface area contributed by atoms with Crippen molar-refractivity contribution in [2.45, 2.75) is 6.04 Å². The van der Waals surface area contributed by atoms with Gasteiger partial charge in [-0.15, -0.1) is 0 Å². The first-order valence-corrected chi connectivity index (χ1v) is 4.74. The first kappa shape index (κ1) is 11.3. The maximum atomic E-state index is 11.1. The number of benzene rings is 1. The van der Waals surface area contributed by atoms with Crippen LogP contribution in [0.1, 0.15) is 11.6 Å². The molecule has 3 nitrogen and oxygen atoms in total. The molecule has 0 bridgehead atoms. The summed E-state index contributed by atoms with van der Waals surface area (Å²) in [5.74, 6) is -0.512. The fourth-order valence-electron chi connectivity index (χ4n) is 1.22. The molecule has 0 radical (unpaired) electrons. The van der Waals surface area contributed by atoms with E-state index in [0.717, 1.165) is 0 Å². The fraction of sp³-hybridized carbons (Fsp3) is 0.222. The number of carbonyl (C=O) groups is 1. The lowest BCUT2D eigenvalue weighted by Crippen LogP contribution is -2.31. The summed E-state index contributed by atoms with van der Waals surface area (Å²) in [5, 5.41) is 3.61. The van der Waals surface area contributed by atoms with Crippen LogP contribution in [-0.2, 0) is 4.79 Å². The van der Waals surface area contributed by atoms with E-state index in [1.54, 1.807) is 25.2 Å². The van der Waals surface area contributed by atoms with Crippen LogP contribution in [0.2, 0.25) is 10.0 Å². The molecule has 5 heteroatoms. The summed E-state index contributed by atoms with van der Waals surface area (Å²) in [6, 6.07) is 4.38. The zero-order valence-corrected chi connectivity index (χ0v) is 9.06. The monoisotopic (exact) mass is 232 g/mol. The van der Waals surface area contributed by atoms with E-state index in [0.29, 0.717) is 15.6 Å². The van der Waals surface area contributed by atoms with Crippen LogP contribution in [-0.4, -0.2) is 13.0 Å². The zero-order valence-electron chi connectivity index (χ0n) is 7.55. The highest BCUT2D eigenvalue weighted by Crippen LogP contribution is 2.29. The van der Waals surface area contributed by atoms with E-state index < -0.39 is 11.9 Å². The van der Waals surface area contributed by atoms with Gasteiger partial charge in [0, 0.05) is 15.6 Å². The third-order valence-corrected chi connectivity index (χ3v) is 2.52. The lowest BCUT2D eigenvalue weighted by atomic mass is 10.1. The molecule has 0 heterocycles.